The van der Waals surface area contributed by atoms with Crippen LogP contribution in [0.4, 0.5) is 0 Å². The first-order valence-corrected chi connectivity index (χ1v) is 21.8. The molecule has 7 rings (SSSR count). The van der Waals surface area contributed by atoms with Gasteiger partial charge in [-0.2, -0.15) is 0 Å². The topological polar surface area (TPSA) is 88.2 Å². The number of rotatable bonds is 22. The third kappa shape index (κ3) is 13.4. The van der Waals surface area contributed by atoms with Crippen molar-refractivity contribution in [2.24, 2.45) is 5.73 Å². The molecule has 5 N–H and O–H groups in total. The van der Waals surface area contributed by atoms with Crippen molar-refractivity contribution < 1.29 is 10.2 Å². The molecule has 6 aromatic rings. The van der Waals surface area contributed by atoms with Crippen molar-refractivity contribution in [3.8, 4) is 11.5 Å². The van der Waals surface area contributed by atoms with E-state index < -0.39 is 0 Å². The van der Waals surface area contributed by atoms with E-state index in [0.29, 0.717) is 19.0 Å². The smallest absolute Gasteiger partial charge is 0.115 e. The highest BCUT2D eigenvalue weighted by Crippen LogP contribution is 2.25. The van der Waals surface area contributed by atoms with Crippen LogP contribution in [0, 0.1) is 0 Å². The summed E-state index contributed by atoms with van der Waals surface area (Å²) < 4.78 is 0. The summed E-state index contributed by atoms with van der Waals surface area (Å²) in [7, 11) is 0. The lowest BCUT2D eigenvalue weighted by Gasteiger charge is -2.42. The van der Waals surface area contributed by atoms with Gasteiger partial charge in [0.25, 0.3) is 0 Å². The molecule has 7 nitrogen and oxygen atoms in total. The summed E-state index contributed by atoms with van der Waals surface area (Å²) in [5, 5.41) is 24.1. The van der Waals surface area contributed by atoms with Crippen molar-refractivity contribution >= 4 is 0 Å². The second kappa shape index (κ2) is 22.4. The molecule has 0 aromatic heterocycles. The Balaban J connectivity index is 1.22. The number of nitrogens with zero attached hydrogens (tertiary/aromatic N) is 3. The van der Waals surface area contributed by atoms with Crippen LogP contribution in [0.15, 0.2) is 170 Å². The number of benzene rings is 6. The number of likely N-dealkylation sites (tertiary alicyclic amines) is 1. The molecule has 4 atom stereocenters. The molecular weight excluding hydrogens is 739 g/mol. The molecule has 60 heavy (non-hydrogen) atoms. The van der Waals surface area contributed by atoms with E-state index >= 15 is 0 Å². The molecule has 0 spiro atoms. The lowest BCUT2D eigenvalue weighted by Crippen LogP contribution is -2.54. The van der Waals surface area contributed by atoms with Crippen molar-refractivity contribution in [2.45, 2.75) is 75.9 Å². The van der Waals surface area contributed by atoms with Gasteiger partial charge in [0.15, 0.2) is 0 Å². The minimum atomic E-state index is -0.128. The molecule has 0 saturated carbocycles. The molecule has 1 heterocycles. The third-order valence-corrected chi connectivity index (χ3v) is 12.1. The van der Waals surface area contributed by atoms with Gasteiger partial charge in [-0.05, 0) is 96.3 Å². The van der Waals surface area contributed by atoms with Gasteiger partial charge >= 0.3 is 0 Å². The van der Waals surface area contributed by atoms with Crippen molar-refractivity contribution in [3.63, 3.8) is 0 Å². The molecule has 0 radical (unpaired) electrons. The van der Waals surface area contributed by atoms with E-state index in [1.807, 2.05) is 24.3 Å². The van der Waals surface area contributed by atoms with Gasteiger partial charge in [0.1, 0.15) is 11.5 Å². The van der Waals surface area contributed by atoms with E-state index in [1.165, 1.54) is 40.7 Å². The average molecular weight is 802 g/mol. The minimum absolute atomic E-state index is 0.101. The summed E-state index contributed by atoms with van der Waals surface area (Å²) >= 11 is 0. The predicted molar refractivity (Wildman–Crippen MR) is 246 cm³/mol. The van der Waals surface area contributed by atoms with Gasteiger partial charge in [0.2, 0.25) is 0 Å². The van der Waals surface area contributed by atoms with Crippen molar-refractivity contribution in [1.82, 2.24) is 20.0 Å². The highest BCUT2D eigenvalue weighted by molar-refractivity contribution is 5.28. The summed E-state index contributed by atoms with van der Waals surface area (Å²) in [6.07, 6.45) is 4.86. The standard InChI is InChI=1S/C53H63N5O2/c54-48(32-43-23-27-52(59)28-24-43)39-57(37-46-18-9-3-10-19-46)51(34-44-25-29-53(60)30-26-44)41-58(38-47-20-11-4-12-21-47)50(33-42-14-5-1-6-15-42)40-56-31-13-22-49(56)36-55-35-45-16-7-2-8-17-45/h1-12,14-21,23-30,48-51,55,59-60H,13,22,31-41,54H2/t48-,49-,50-,51-/m0/s1. The molecule has 1 aliphatic rings. The minimum Gasteiger partial charge on any atom is -0.508 e. The number of phenolic OH excluding ortho intramolecular Hbond substituents is 2. The predicted octanol–water partition coefficient (Wildman–Crippen LogP) is 8.45. The normalized spacial score (nSPS) is 15.9. The summed E-state index contributed by atoms with van der Waals surface area (Å²) in [6, 6.07) is 59.4. The fourth-order valence-corrected chi connectivity index (χ4v) is 8.92. The van der Waals surface area contributed by atoms with E-state index in [9.17, 15) is 10.2 Å². The molecule has 1 aliphatic heterocycles. The van der Waals surface area contributed by atoms with Gasteiger partial charge in [-0.25, -0.2) is 0 Å². The Morgan fingerprint density at radius 3 is 1.53 bits per heavy atom. The Kier molecular flexibility index (Phi) is 16.0. The third-order valence-electron chi connectivity index (χ3n) is 12.1. The number of phenols is 2. The number of hydrogen-bond donors (Lipinski definition) is 4. The maximum atomic E-state index is 10.3. The van der Waals surface area contributed by atoms with E-state index in [0.717, 1.165) is 64.2 Å². The number of aromatic hydroxyl groups is 2. The van der Waals surface area contributed by atoms with Crippen LogP contribution in [-0.2, 0) is 38.9 Å². The lowest BCUT2D eigenvalue weighted by atomic mass is 9.97. The van der Waals surface area contributed by atoms with Gasteiger partial charge in [-0.1, -0.05) is 146 Å². The zero-order valence-electron chi connectivity index (χ0n) is 35.0. The fourth-order valence-electron chi connectivity index (χ4n) is 8.92. The molecule has 0 aliphatic carbocycles. The van der Waals surface area contributed by atoms with Crippen LogP contribution in [0.2, 0.25) is 0 Å². The van der Waals surface area contributed by atoms with Crippen molar-refractivity contribution in [1.29, 1.82) is 0 Å². The van der Waals surface area contributed by atoms with Crippen LogP contribution in [0.5, 0.6) is 11.5 Å². The molecule has 7 heteroatoms. The first-order chi connectivity index (χ1) is 29.4. The van der Waals surface area contributed by atoms with Crippen LogP contribution in [0.25, 0.3) is 0 Å². The zero-order chi connectivity index (χ0) is 41.4. The van der Waals surface area contributed by atoms with Gasteiger partial charge in [0.05, 0.1) is 0 Å². The Bertz CT molecular complexity index is 2090. The van der Waals surface area contributed by atoms with Gasteiger partial charge in [-0.15, -0.1) is 0 Å². The van der Waals surface area contributed by atoms with Gasteiger partial charge in [-0.3, -0.25) is 14.7 Å². The Labute approximate surface area is 358 Å². The monoisotopic (exact) mass is 801 g/mol. The summed E-state index contributed by atoms with van der Waals surface area (Å²) in [5.41, 5.74) is 14.6. The highest BCUT2D eigenvalue weighted by Gasteiger charge is 2.32. The van der Waals surface area contributed by atoms with Crippen LogP contribution in [0.1, 0.15) is 46.2 Å². The summed E-state index contributed by atoms with van der Waals surface area (Å²) in [4.78, 5) is 8.13. The van der Waals surface area contributed by atoms with E-state index in [1.54, 1.807) is 12.1 Å². The molecule has 1 saturated heterocycles. The molecule has 1 fully saturated rings. The molecule has 0 amide bonds. The van der Waals surface area contributed by atoms with Crippen LogP contribution < -0.4 is 11.1 Å². The first-order valence-electron chi connectivity index (χ1n) is 21.8. The van der Waals surface area contributed by atoms with Crippen molar-refractivity contribution in [2.75, 3.05) is 32.7 Å². The second-order valence-electron chi connectivity index (χ2n) is 16.7. The lowest BCUT2D eigenvalue weighted by molar-refractivity contribution is 0.0732. The van der Waals surface area contributed by atoms with E-state index in [-0.39, 0.29) is 29.6 Å². The Morgan fingerprint density at radius 2 is 0.983 bits per heavy atom. The number of hydrogen-bond acceptors (Lipinski definition) is 7. The van der Waals surface area contributed by atoms with E-state index in [4.69, 9.17) is 5.73 Å². The van der Waals surface area contributed by atoms with Gasteiger partial charge in [0, 0.05) is 70.0 Å². The number of nitrogens with one attached hydrogen (secondary N) is 1. The summed E-state index contributed by atoms with van der Waals surface area (Å²) in [6.45, 7) is 7.04. The maximum Gasteiger partial charge on any atom is 0.115 e. The molecule has 312 valence electrons. The highest BCUT2D eigenvalue weighted by atomic mass is 16.3. The first kappa shape index (κ1) is 42.8. The molecular formula is C53H63N5O2. The maximum absolute atomic E-state index is 10.3. The Hall–Kier alpha value is -5.28. The van der Waals surface area contributed by atoms with Gasteiger partial charge < -0.3 is 21.3 Å². The van der Waals surface area contributed by atoms with E-state index in [2.05, 4.69) is 153 Å². The molecule has 0 bridgehead atoms. The summed E-state index contributed by atoms with van der Waals surface area (Å²) in [5.74, 6) is 0.540. The van der Waals surface area contributed by atoms with Crippen molar-refractivity contribution in [3.05, 3.63) is 203 Å². The molecule has 6 aromatic carbocycles. The zero-order valence-corrected chi connectivity index (χ0v) is 35.0. The van der Waals surface area contributed by atoms with Crippen LogP contribution >= 0.6 is 0 Å². The average Bonchev–Trinajstić information content (AvgIpc) is 3.72. The molecule has 0 unspecified atom stereocenters. The SMILES string of the molecule is N[C@@H](Cc1ccc(O)cc1)CN(Cc1ccccc1)[C@@H](Cc1ccc(O)cc1)CN(Cc1ccccc1)[C@@H](Cc1ccccc1)CN1CCC[C@H]1CNCc1ccccc1. The number of nitrogens with two attached hydrogens (primary N) is 1. The quantitative estimate of drug-likeness (QED) is 0.0549. The second-order valence-corrected chi connectivity index (χ2v) is 16.7. The fraction of sp³-hybridized carbons (Fsp3) is 0.321. The van der Waals surface area contributed by atoms with Crippen LogP contribution in [0.3, 0.4) is 0 Å². The van der Waals surface area contributed by atoms with Crippen LogP contribution in [-0.4, -0.2) is 81.8 Å². The largest absolute Gasteiger partial charge is 0.508 e. The Morgan fingerprint density at radius 1 is 0.533 bits per heavy atom.